The monoisotopic (exact) mass is 242 g/mol. The maximum Gasteiger partial charge on any atom is 0.231 e. The Bertz CT molecular complexity index is 569. The van der Waals surface area contributed by atoms with Gasteiger partial charge in [-0.25, -0.2) is 0 Å². The van der Waals surface area contributed by atoms with Gasteiger partial charge < -0.3 is 14.8 Å². The van der Waals surface area contributed by atoms with Crippen LogP contribution in [0.4, 0.5) is 5.69 Å². The Morgan fingerprint density at radius 1 is 1.22 bits per heavy atom. The fraction of sp³-hybridized carbons (Fsp3) is 0.214. The predicted octanol–water partition coefficient (Wildman–Crippen LogP) is 2.73. The third-order valence-corrected chi connectivity index (χ3v) is 2.96. The number of hydrogen-bond acceptors (Lipinski definition) is 4. The Kier molecular flexibility index (Phi) is 2.76. The molecule has 1 aromatic carbocycles. The zero-order valence-electron chi connectivity index (χ0n) is 10.1. The molecule has 0 atom stereocenters. The van der Waals surface area contributed by atoms with E-state index in [0.717, 1.165) is 29.3 Å². The highest BCUT2D eigenvalue weighted by Gasteiger charge is 2.12. The van der Waals surface area contributed by atoms with Crippen LogP contribution in [0.25, 0.3) is 0 Å². The first-order valence-corrected chi connectivity index (χ1v) is 5.86. The van der Waals surface area contributed by atoms with Crippen molar-refractivity contribution in [1.82, 2.24) is 4.98 Å². The molecular weight excluding hydrogens is 228 g/mol. The van der Waals surface area contributed by atoms with Gasteiger partial charge in [-0.15, -0.1) is 0 Å². The molecule has 2 aromatic rings. The summed E-state index contributed by atoms with van der Waals surface area (Å²) < 4.78 is 10.6. The number of pyridine rings is 1. The molecule has 2 heterocycles. The molecule has 18 heavy (non-hydrogen) atoms. The first kappa shape index (κ1) is 10.9. The molecule has 0 spiro atoms. The Hall–Kier alpha value is -2.23. The lowest BCUT2D eigenvalue weighted by Crippen LogP contribution is -2.01. The Morgan fingerprint density at radius 2 is 2.11 bits per heavy atom. The summed E-state index contributed by atoms with van der Waals surface area (Å²) in [6.45, 7) is 3.11. The number of ether oxygens (including phenoxy) is 2. The molecule has 0 radical (unpaired) electrons. The van der Waals surface area contributed by atoms with Crippen LogP contribution in [0, 0.1) is 6.92 Å². The summed E-state index contributed by atoms with van der Waals surface area (Å²) >= 11 is 0. The quantitative estimate of drug-likeness (QED) is 0.898. The molecule has 0 saturated heterocycles. The molecule has 0 unspecified atom stereocenters. The number of rotatable bonds is 3. The van der Waals surface area contributed by atoms with Crippen molar-refractivity contribution in [1.29, 1.82) is 0 Å². The van der Waals surface area contributed by atoms with Gasteiger partial charge in [0.15, 0.2) is 11.5 Å². The number of aromatic nitrogens is 1. The average Bonchev–Trinajstić information content (AvgIpc) is 2.85. The second-order valence-corrected chi connectivity index (χ2v) is 4.23. The second-order valence-electron chi connectivity index (χ2n) is 4.23. The van der Waals surface area contributed by atoms with Crippen LogP contribution in [0.2, 0.25) is 0 Å². The summed E-state index contributed by atoms with van der Waals surface area (Å²) in [5, 5.41) is 3.36. The van der Waals surface area contributed by atoms with Crippen molar-refractivity contribution in [3.05, 3.63) is 47.8 Å². The van der Waals surface area contributed by atoms with Crippen LogP contribution in [0.1, 0.15) is 11.1 Å². The van der Waals surface area contributed by atoms with E-state index in [1.807, 2.05) is 30.5 Å². The molecule has 3 rings (SSSR count). The van der Waals surface area contributed by atoms with Crippen molar-refractivity contribution >= 4 is 5.69 Å². The Balaban J connectivity index is 1.72. The molecule has 0 fully saturated rings. The SMILES string of the molecule is Cc1ccncc1NCc1ccc2c(c1)OCO2. The highest BCUT2D eigenvalue weighted by molar-refractivity contribution is 5.50. The van der Waals surface area contributed by atoms with E-state index in [9.17, 15) is 0 Å². The summed E-state index contributed by atoms with van der Waals surface area (Å²) in [4.78, 5) is 4.11. The molecule has 1 aliphatic rings. The van der Waals surface area contributed by atoms with Crippen LogP contribution in [-0.4, -0.2) is 11.8 Å². The number of anilines is 1. The predicted molar refractivity (Wildman–Crippen MR) is 68.9 cm³/mol. The maximum absolute atomic E-state index is 5.35. The van der Waals surface area contributed by atoms with E-state index in [1.165, 1.54) is 5.56 Å². The Morgan fingerprint density at radius 3 is 3.00 bits per heavy atom. The van der Waals surface area contributed by atoms with Gasteiger partial charge in [0.2, 0.25) is 6.79 Å². The normalized spacial score (nSPS) is 12.5. The van der Waals surface area contributed by atoms with E-state index in [-0.39, 0.29) is 0 Å². The molecule has 4 heteroatoms. The van der Waals surface area contributed by atoms with E-state index in [0.29, 0.717) is 6.79 Å². The van der Waals surface area contributed by atoms with Gasteiger partial charge in [-0.2, -0.15) is 0 Å². The van der Waals surface area contributed by atoms with Crippen molar-refractivity contribution < 1.29 is 9.47 Å². The summed E-state index contributed by atoms with van der Waals surface area (Å²) in [6.07, 6.45) is 3.63. The smallest absolute Gasteiger partial charge is 0.231 e. The number of fused-ring (bicyclic) bond motifs is 1. The minimum absolute atomic E-state index is 0.313. The number of nitrogens with zero attached hydrogens (tertiary/aromatic N) is 1. The molecule has 1 aliphatic heterocycles. The van der Waals surface area contributed by atoms with Gasteiger partial charge in [0.05, 0.1) is 11.9 Å². The van der Waals surface area contributed by atoms with Gasteiger partial charge in [0.1, 0.15) is 0 Å². The number of benzene rings is 1. The fourth-order valence-electron chi connectivity index (χ4n) is 1.90. The summed E-state index contributed by atoms with van der Waals surface area (Å²) in [5.41, 5.74) is 3.39. The standard InChI is InChI=1S/C14H14N2O2/c1-10-4-5-15-8-12(10)16-7-11-2-3-13-14(6-11)18-9-17-13/h2-6,8,16H,7,9H2,1H3. The van der Waals surface area contributed by atoms with Crippen LogP contribution in [0.5, 0.6) is 11.5 Å². The lowest BCUT2D eigenvalue weighted by molar-refractivity contribution is 0.174. The molecule has 0 aliphatic carbocycles. The van der Waals surface area contributed by atoms with Crippen LogP contribution in [-0.2, 0) is 6.54 Å². The van der Waals surface area contributed by atoms with Crippen molar-refractivity contribution in [2.45, 2.75) is 13.5 Å². The average molecular weight is 242 g/mol. The maximum atomic E-state index is 5.35. The van der Waals surface area contributed by atoms with Crippen LogP contribution >= 0.6 is 0 Å². The summed E-state index contributed by atoms with van der Waals surface area (Å²) in [5.74, 6) is 1.63. The largest absolute Gasteiger partial charge is 0.454 e. The van der Waals surface area contributed by atoms with Crippen LogP contribution < -0.4 is 14.8 Å². The lowest BCUT2D eigenvalue weighted by Gasteiger charge is -2.09. The summed E-state index contributed by atoms with van der Waals surface area (Å²) in [6, 6.07) is 7.96. The third-order valence-electron chi connectivity index (χ3n) is 2.96. The van der Waals surface area contributed by atoms with Crippen molar-refractivity contribution in [2.75, 3.05) is 12.1 Å². The third kappa shape index (κ3) is 2.09. The van der Waals surface area contributed by atoms with Gasteiger partial charge >= 0.3 is 0 Å². The van der Waals surface area contributed by atoms with Gasteiger partial charge in [-0.3, -0.25) is 4.98 Å². The first-order chi connectivity index (χ1) is 8.83. The number of aryl methyl sites for hydroxylation is 1. The molecule has 0 saturated carbocycles. The van der Waals surface area contributed by atoms with Crippen molar-refractivity contribution in [3.8, 4) is 11.5 Å². The second kappa shape index (κ2) is 4.56. The molecule has 4 nitrogen and oxygen atoms in total. The Labute approximate surface area is 106 Å². The number of hydrogen-bond donors (Lipinski definition) is 1. The van der Waals surface area contributed by atoms with Crippen molar-refractivity contribution in [2.24, 2.45) is 0 Å². The molecule has 1 aromatic heterocycles. The van der Waals surface area contributed by atoms with Gasteiger partial charge in [-0.05, 0) is 36.2 Å². The highest BCUT2D eigenvalue weighted by atomic mass is 16.7. The van der Waals surface area contributed by atoms with Gasteiger partial charge in [0.25, 0.3) is 0 Å². The van der Waals surface area contributed by atoms with Gasteiger partial charge in [0, 0.05) is 12.7 Å². The molecule has 0 amide bonds. The molecule has 1 N–H and O–H groups in total. The molecular formula is C14H14N2O2. The van der Waals surface area contributed by atoms with Crippen molar-refractivity contribution in [3.63, 3.8) is 0 Å². The highest BCUT2D eigenvalue weighted by Crippen LogP contribution is 2.32. The zero-order valence-corrected chi connectivity index (χ0v) is 10.1. The number of nitrogens with one attached hydrogen (secondary N) is 1. The summed E-state index contributed by atoms with van der Waals surface area (Å²) in [7, 11) is 0. The fourth-order valence-corrected chi connectivity index (χ4v) is 1.90. The van der Waals surface area contributed by atoms with Crippen LogP contribution in [0.15, 0.2) is 36.7 Å². The minimum atomic E-state index is 0.313. The van der Waals surface area contributed by atoms with E-state index in [1.54, 1.807) is 6.20 Å². The van der Waals surface area contributed by atoms with E-state index in [4.69, 9.17) is 9.47 Å². The first-order valence-electron chi connectivity index (χ1n) is 5.86. The molecule has 92 valence electrons. The van der Waals surface area contributed by atoms with E-state index < -0.39 is 0 Å². The van der Waals surface area contributed by atoms with E-state index >= 15 is 0 Å². The van der Waals surface area contributed by atoms with E-state index in [2.05, 4.69) is 17.2 Å². The zero-order chi connectivity index (χ0) is 12.4. The topological polar surface area (TPSA) is 43.4 Å². The van der Waals surface area contributed by atoms with Crippen LogP contribution in [0.3, 0.4) is 0 Å². The minimum Gasteiger partial charge on any atom is -0.454 e. The lowest BCUT2D eigenvalue weighted by atomic mass is 10.2. The van der Waals surface area contributed by atoms with Gasteiger partial charge in [-0.1, -0.05) is 6.07 Å². The molecule has 0 bridgehead atoms.